The van der Waals surface area contributed by atoms with Gasteiger partial charge in [0.05, 0.1) is 18.2 Å². The average Bonchev–Trinajstić information content (AvgIpc) is 2.95. The van der Waals surface area contributed by atoms with Gasteiger partial charge in [-0.05, 0) is 32.9 Å². The van der Waals surface area contributed by atoms with Crippen LogP contribution in [-0.2, 0) is 11.2 Å². The van der Waals surface area contributed by atoms with Gasteiger partial charge in [0.2, 0.25) is 5.91 Å². The van der Waals surface area contributed by atoms with Crippen molar-refractivity contribution in [1.29, 1.82) is 0 Å². The summed E-state index contributed by atoms with van der Waals surface area (Å²) in [6.45, 7) is 5.47. The topological polar surface area (TPSA) is 79.3 Å². The number of aromatic carboxylic acids is 1. The Labute approximate surface area is 130 Å². The molecule has 0 saturated carbocycles. The maximum Gasteiger partial charge on any atom is 0.347 e. The SMILES string of the molecule is Cc1ccc(CC(=O)NC(C)c2nc(C)c(C(=O)O)s2)s1. The van der Waals surface area contributed by atoms with Crippen LogP contribution < -0.4 is 5.32 Å². The summed E-state index contributed by atoms with van der Waals surface area (Å²) in [6, 6.07) is 3.63. The van der Waals surface area contributed by atoms with E-state index in [1.165, 1.54) is 4.88 Å². The van der Waals surface area contributed by atoms with Crippen molar-refractivity contribution in [2.45, 2.75) is 33.2 Å². The number of aromatic nitrogens is 1. The predicted octanol–water partition coefficient (Wildman–Crippen LogP) is 2.94. The maximum absolute atomic E-state index is 12.0. The number of thiophene rings is 1. The van der Waals surface area contributed by atoms with Crippen molar-refractivity contribution in [3.05, 3.63) is 37.5 Å². The summed E-state index contributed by atoms with van der Waals surface area (Å²) in [6.07, 6.45) is 0.332. The third-order valence-electron chi connectivity index (χ3n) is 2.89. The highest BCUT2D eigenvalue weighted by atomic mass is 32.1. The van der Waals surface area contributed by atoms with E-state index in [2.05, 4.69) is 10.3 Å². The number of hydrogen-bond donors (Lipinski definition) is 2. The first kappa shape index (κ1) is 15.7. The van der Waals surface area contributed by atoms with Gasteiger partial charge in [0.15, 0.2) is 0 Å². The Balaban J connectivity index is 2.00. The number of carboxylic acids is 1. The Kier molecular flexibility index (Phi) is 4.74. The number of carbonyl (C=O) groups is 2. The lowest BCUT2D eigenvalue weighted by Gasteiger charge is -2.10. The van der Waals surface area contributed by atoms with Crippen LogP contribution in [0.25, 0.3) is 0 Å². The van der Waals surface area contributed by atoms with Crippen molar-refractivity contribution in [3.63, 3.8) is 0 Å². The van der Waals surface area contributed by atoms with Crippen LogP contribution in [0.4, 0.5) is 0 Å². The van der Waals surface area contributed by atoms with Gasteiger partial charge < -0.3 is 10.4 Å². The number of thiazole rings is 1. The number of hydrogen-bond acceptors (Lipinski definition) is 5. The summed E-state index contributed by atoms with van der Waals surface area (Å²) in [7, 11) is 0. The van der Waals surface area contributed by atoms with E-state index in [9.17, 15) is 9.59 Å². The Morgan fingerprint density at radius 1 is 1.33 bits per heavy atom. The van der Waals surface area contributed by atoms with E-state index in [0.717, 1.165) is 16.2 Å². The molecule has 0 aromatic carbocycles. The molecular weight excluding hydrogens is 308 g/mol. The van der Waals surface area contributed by atoms with Crippen LogP contribution >= 0.6 is 22.7 Å². The minimum atomic E-state index is -0.983. The van der Waals surface area contributed by atoms with Gasteiger partial charge in [-0.1, -0.05) is 0 Å². The number of aryl methyl sites for hydroxylation is 2. The monoisotopic (exact) mass is 324 g/mol. The summed E-state index contributed by atoms with van der Waals surface area (Å²) >= 11 is 2.70. The Bertz CT molecular complexity index is 676. The first-order chi connectivity index (χ1) is 9.86. The largest absolute Gasteiger partial charge is 0.477 e. The molecular formula is C14H16N2O3S2. The fraction of sp³-hybridized carbons (Fsp3) is 0.357. The van der Waals surface area contributed by atoms with Gasteiger partial charge in [-0.3, -0.25) is 4.79 Å². The molecule has 5 nitrogen and oxygen atoms in total. The second kappa shape index (κ2) is 6.36. The van der Waals surface area contributed by atoms with Crippen LogP contribution in [0.5, 0.6) is 0 Å². The van der Waals surface area contributed by atoms with Crippen LogP contribution in [0.2, 0.25) is 0 Å². The van der Waals surface area contributed by atoms with Crippen LogP contribution in [0.1, 0.15) is 43.1 Å². The smallest absolute Gasteiger partial charge is 0.347 e. The molecule has 0 fully saturated rings. The van der Waals surface area contributed by atoms with Crippen LogP contribution in [0.15, 0.2) is 12.1 Å². The van der Waals surface area contributed by atoms with Crippen molar-refractivity contribution < 1.29 is 14.7 Å². The third-order valence-corrected chi connectivity index (χ3v) is 5.21. The number of amides is 1. The summed E-state index contributed by atoms with van der Waals surface area (Å²) < 4.78 is 0. The van der Waals surface area contributed by atoms with Gasteiger partial charge >= 0.3 is 5.97 Å². The highest BCUT2D eigenvalue weighted by molar-refractivity contribution is 7.13. The molecule has 0 radical (unpaired) electrons. The van der Waals surface area contributed by atoms with Crippen molar-refractivity contribution in [2.24, 2.45) is 0 Å². The minimum Gasteiger partial charge on any atom is -0.477 e. The molecule has 0 aliphatic carbocycles. The quantitative estimate of drug-likeness (QED) is 0.886. The van der Waals surface area contributed by atoms with E-state index in [0.29, 0.717) is 17.1 Å². The molecule has 2 aromatic heterocycles. The van der Waals surface area contributed by atoms with Crippen molar-refractivity contribution in [2.75, 3.05) is 0 Å². The van der Waals surface area contributed by atoms with Crippen molar-refractivity contribution >= 4 is 34.6 Å². The van der Waals surface area contributed by atoms with E-state index in [4.69, 9.17) is 5.11 Å². The zero-order chi connectivity index (χ0) is 15.6. The predicted molar refractivity (Wildman–Crippen MR) is 83.1 cm³/mol. The highest BCUT2D eigenvalue weighted by Gasteiger charge is 2.19. The van der Waals surface area contributed by atoms with E-state index in [1.807, 2.05) is 26.0 Å². The lowest BCUT2D eigenvalue weighted by atomic mass is 10.3. The fourth-order valence-electron chi connectivity index (χ4n) is 1.89. The first-order valence-electron chi connectivity index (χ1n) is 6.42. The molecule has 2 heterocycles. The molecule has 7 heteroatoms. The van der Waals surface area contributed by atoms with Gasteiger partial charge in [-0.2, -0.15) is 0 Å². The third kappa shape index (κ3) is 3.89. The van der Waals surface area contributed by atoms with Crippen molar-refractivity contribution in [1.82, 2.24) is 10.3 Å². The summed E-state index contributed by atoms with van der Waals surface area (Å²) in [5.74, 6) is -1.07. The molecule has 0 saturated heterocycles. The number of carbonyl (C=O) groups excluding carboxylic acids is 1. The van der Waals surface area contributed by atoms with Gasteiger partial charge in [0.1, 0.15) is 9.88 Å². The number of rotatable bonds is 5. The molecule has 2 aromatic rings. The molecule has 21 heavy (non-hydrogen) atoms. The van der Waals surface area contributed by atoms with Gasteiger partial charge in [-0.25, -0.2) is 9.78 Å². The van der Waals surface area contributed by atoms with E-state index in [-0.39, 0.29) is 16.8 Å². The standard InChI is InChI=1S/C14H16N2O3S2/c1-7-4-5-10(20-7)6-11(17)15-9(3)13-16-8(2)12(21-13)14(18)19/h4-5,9H,6H2,1-3H3,(H,15,17)(H,18,19). The Hall–Kier alpha value is -1.73. The number of carboxylic acid groups (broad SMARTS) is 1. The first-order valence-corrected chi connectivity index (χ1v) is 8.05. The highest BCUT2D eigenvalue weighted by Crippen LogP contribution is 2.24. The second-order valence-electron chi connectivity index (χ2n) is 4.75. The molecule has 0 bridgehead atoms. The molecule has 112 valence electrons. The summed E-state index contributed by atoms with van der Waals surface area (Å²) in [5, 5.41) is 12.5. The van der Waals surface area contributed by atoms with Gasteiger partial charge in [0.25, 0.3) is 0 Å². The minimum absolute atomic E-state index is 0.0888. The van der Waals surface area contributed by atoms with E-state index in [1.54, 1.807) is 18.3 Å². The van der Waals surface area contributed by atoms with Gasteiger partial charge in [0, 0.05) is 9.75 Å². The number of nitrogens with zero attached hydrogens (tertiary/aromatic N) is 1. The normalized spacial score (nSPS) is 12.1. The molecule has 1 amide bonds. The molecule has 0 spiro atoms. The molecule has 0 aliphatic rings. The fourth-order valence-corrected chi connectivity index (χ4v) is 3.69. The average molecular weight is 324 g/mol. The molecule has 1 atom stereocenters. The second-order valence-corrected chi connectivity index (χ2v) is 7.15. The molecule has 2 rings (SSSR count). The zero-order valence-corrected chi connectivity index (χ0v) is 13.6. The molecule has 2 N–H and O–H groups in total. The van der Waals surface area contributed by atoms with Crippen LogP contribution in [-0.4, -0.2) is 22.0 Å². The van der Waals surface area contributed by atoms with Crippen molar-refractivity contribution in [3.8, 4) is 0 Å². The Morgan fingerprint density at radius 2 is 2.05 bits per heavy atom. The summed E-state index contributed by atoms with van der Waals surface area (Å²) in [4.78, 5) is 29.6. The van der Waals surface area contributed by atoms with Crippen LogP contribution in [0, 0.1) is 13.8 Å². The zero-order valence-electron chi connectivity index (χ0n) is 12.0. The van der Waals surface area contributed by atoms with Crippen LogP contribution in [0.3, 0.4) is 0 Å². The maximum atomic E-state index is 12.0. The summed E-state index contributed by atoms with van der Waals surface area (Å²) in [5.41, 5.74) is 0.484. The lowest BCUT2D eigenvalue weighted by molar-refractivity contribution is -0.121. The van der Waals surface area contributed by atoms with Gasteiger partial charge in [-0.15, -0.1) is 22.7 Å². The van der Waals surface area contributed by atoms with E-state index < -0.39 is 5.97 Å². The lowest BCUT2D eigenvalue weighted by Crippen LogP contribution is -2.27. The molecule has 1 unspecified atom stereocenters. The Morgan fingerprint density at radius 3 is 2.57 bits per heavy atom. The molecule has 0 aliphatic heterocycles. The van der Waals surface area contributed by atoms with E-state index >= 15 is 0 Å². The number of nitrogens with one attached hydrogen (secondary N) is 1.